The van der Waals surface area contributed by atoms with Gasteiger partial charge in [0.15, 0.2) is 0 Å². The summed E-state index contributed by atoms with van der Waals surface area (Å²) < 4.78 is 0. The molecular formula is C33H34N2. The normalized spacial score (nSPS) is 13.6. The Morgan fingerprint density at radius 2 is 0.657 bits per heavy atom. The third kappa shape index (κ3) is 4.46. The fourth-order valence-electron chi connectivity index (χ4n) is 5.92. The average Bonchev–Trinajstić information content (AvgIpc) is 2.91. The molecule has 0 bridgehead atoms. The van der Waals surface area contributed by atoms with E-state index < -0.39 is 0 Å². The molecule has 176 valence electrons. The van der Waals surface area contributed by atoms with Crippen LogP contribution in [0.15, 0.2) is 97.1 Å². The van der Waals surface area contributed by atoms with Crippen LogP contribution >= 0.6 is 0 Å². The molecule has 2 heterocycles. The smallest absolute Gasteiger partial charge is 0.0446 e. The number of fused-ring (bicyclic) bond motifs is 4. The lowest BCUT2D eigenvalue weighted by Crippen LogP contribution is -2.24. The highest BCUT2D eigenvalue weighted by Crippen LogP contribution is 2.39. The zero-order valence-electron chi connectivity index (χ0n) is 20.5. The standard InChI is InChI=1S/C33H34N2/c1(2-12-22-34-30-18-8-4-14-26(30)24-27-15-5-9-19-31(27)34)3-13-23-35-32-20-10-6-16-28(32)25-29-17-7-11-21-33(29)35/h4-11,14-21H,1-3,12-13,22-25H2. The van der Waals surface area contributed by atoms with Crippen LogP contribution in [0.2, 0.25) is 0 Å². The summed E-state index contributed by atoms with van der Waals surface area (Å²) in [5.41, 5.74) is 11.4. The van der Waals surface area contributed by atoms with E-state index in [4.69, 9.17) is 0 Å². The summed E-state index contributed by atoms with van der Waals surface area (Å²) in [6.07, 6.45) is 8.43. The van der Waals surface area contributed by atoms with Crippen LogP contribution in [0.25, 0.3) is 0 Å². The minimum absolute atomic E-state index is 1.05. The first kappa shape index (κ1) is 22.0. The van der Waals surface area contributed by atoms with E-state index in [0.29, 0.717) is 0 Å². The van der Waals surface area contributed by atoms with Gasteiger partial charge in [0.05, 0.1) is 0 Å². The number of rotatable bonds is 8. The Balaban J connectivity index is 1.03. The first-order valence-electron chi connectivity index (χ1n) is 13.3. The van der Waals surface area contributed by atoms with Crippen molar-refractivity contribution in [3.8, 4) is 0 Å². The second-order valence-electron chi connectivity index (χ2n) is 9.94. The van der Waals surface area contributed by atoms with Crippen LogP contribution in [0.3, 0.4) is 0 Å². The summed E-state index contributed by atoms with van der Waals surface area (Å²) in [5, 5.41) is 0. The summed E-state index contributed by atoms with van der Waals surface area (Å²) in [7, 11) is 0. The van der Waals surface area contributed by atoms with Gasteiger partial charge < -0.3 is 9.80 Å². The fourth-order valence-corrected chi connectivity index (χ4v) is 5.92. The molecule has 0 spiro atoms. The van der Waals surface area contributed by atoms with E-state index in [1.165, 1.54) is 77.1 Å². The van der Waals surface area contributed by atoms with Crippen molar-refractivity contribution in [1.82, 2.24) is 0 Å². The molecule has 0 fully saturated rings. The van der Waals surface area contributed by atoms with Crippen LogP contribution in [0.5, 0.6) is 0 Å². The Kier molecular flexibility index (Phi) is 6.28. The first-order chi connectivity index (χ1) is 17.4. The van der Waals surface area contributed by atoms with E-state index in [-0.39, 0.29) is 0 Å². The van der Waals surface area contributed by atoms with Crippen molar-refractivity contribution in [1.29, 1.82) is 0 Å². The Morgan fingerprint density at radius 3 is 1.00 bits per heavy atom. The van der Waals surface area contributed by atoms with Gasteiger partial charge in [-0.3, -0.25) is 0 Å². The van der Waals surface area contributed by atoms with Gasteiger partial charge in [-0.05, 0) is 59.4 Å². The molecule has 2 nitrogen and oxygen atoms in total. The molecule has 2 aliphatic heterocycles. The van der Waals surface area contributed by atoms with Gasteiger partial charge in [0.1, 0.15) is 0 Å². The van der Waals surface area contributed by atoms with Crippen molar-refractivity contribution >= 4 is 22.7 Å². The quantitative estimate of drug-likeness (QED) is 0.244. The maximum Gasteiger partial charge on any atom is 0.0446 e. The lowest BCUT2D eigenvalue weighted by atomic mass is 9.95. The second-order valence-corrected chi connectivity index (χ2v) is 9.94. The van der Waals surface area contributed by atoms with Crippen molar-refractivity contribution in [2.75, 3.05) is 22.9 Å². The van der Waals surface area contributed by atoms with Crippen molar-refractivity contribution in [3.63, 3.8) is 0 Å². The van der Waals surface area contributed by atoms with Gasteiger partial charge >= 0.3 is 0 Å². The Labute approximate surface area is 209 Å². The number of para-hydroxylation sites is 4. The van der Waals surface area contributed by atoms with Crippen molar-refractivity contribution in [2.24, 2.45) is 0 Å². The summed E-state index contributed by atoms with van der Waals surface area (Å²) in [6, 6.07) is 35.7. The van der Waals surface area contributed by atoms with Gasteiger partial charge in [-0.15, -0.1) is 0 Å². The van der Waals surface area contributed by atoms with Crippen molar-refractivity contribution in [2.45, 2.75) is 44.9 Å². The Morgan fingerprint density at radius 1 is 0.371 bits per heavy atom. The zero-order chi connectivity index (χ0) is 23.5. The summed E-state index contributed by atoms with van der Waals surface area (Å²) in [6.45, 7) is 2.20. The fraction of sp³-hybridized carbons (Fsp3) is 0.273. The van der Waals surface area contributed by atoms with E-state index in [9.17, 15) is 0 Å². The number of hydrogen-bond donors (Lipinski definition) is 0. The molecule has 2 aliphatic rings. The maximum absolute atomic E-state index is 2.55. The topological polar surface area (TPSA) is 6.48 Å². The van der Waals surface area contributed by atoms with Gasteiger partial charge in [-0.25, -0.2) is 0 Å². The van der Waals surface area contributed by atoms with Crippen LogP contribution in [0.4, 0.5) is 22.7 Å². The number of hydrogen-bond acceptors (Lipinski definition) is 2. The minimum Gasteiger partial charge on any atom is -0.341 e. The van der Waals surface area contributed by atoms with Crippen molar-refractivity contribution in [3.05, 3.63) is 119 Å². The average molecular weight is 459 g/mol. The lowest BCUT2D eigenvalue weighted by Gasteiger charge is -2.33. The van der Waals surface area contributed by atoms with Crippen LogP contribution in [-0.2, 0) is 12.8 Å². The molecule has 0 radical (unpaired) electrons. The lowest BCUT2D eigenvalue weighted by molar-refractivity contribution is 0.615. The highest BCUT2D eigenvalue weighted by molar-refractivity contribution is 5.75. The van der Waals surface area contributed by atoms with E-state index in [0.717, 1.165) is 25.9 Å². The molecule has 6 rings (SSSR count). The Hall–Kier alpha value is -3.52. The zero-order valence-corrected chi connectivity index (χ0v) is 20.5. The van der Waals surface area contributed by atoms with Crippen LogP contribution in [0, 0.1) is 0 Å². The molecule has 35 heavy (non-hydrogen) atoms. The molecular weight excluding hydrogens is 424 g/mol. The highest BCUT2D eigenvalue weighted by atomic mass is 15.1. The number of nitrogens with zero attached hydrogens (tertiary/aromatic N) is 2. The van der Waals surface area contributed by atoms with Crippen molar-refractivity contribution < 1.29 is 0 Å². The molecule has 0 atom stereocenters. The van der Waals surface area contributed by atoms with Gasteiger partial charge in [-0.1, -0.05) is 92.1 Å². The third-order valence-corrected chi connectivity index (χ3v) is 7.65. The second kappa shape index (κ2) is 10.00. The number of anilines is 4. The van der Waals surface area contributed by atoms with Gasteiger partial charge in [0.25, 0.3) is 0 Å². The molecule has 0 aromatic heterocycles. The van der Waals surface area contributed by atoms with E-state index in [1.54, 1.807) is 0 Å². The molecule has 4 aromatic carbocycles. The predicted molar refractivity (Wildman–Crippen MR) is 148 cm³/mol. The molecule has 0 saturated carbocycles. The number of unbranched alkanes of at least 4 members (excludes halogenated alkanes) is 4. The van der Waals surface area contributed by atoms with Crippen LogP contribution in [-0.4, -0.2) is 13.1 Å². The molecule has 4 aromatic rings. The summed E-state index contributed by atoms with van der Waals surface area (Å²) in [4.78, 5) is 5.10. The van der Waals surface area contributed by atoms with E-state index in [1.807, 2.05) is 0 Å². The molecule has 2 heteroatoms. The molecule has 0 unspecified atom stereocenters. The van der Waals surface area contributed by atoms with Gasteiger partial charge in [0.2, 0.25) is 0 Å². The minimum atomic E-state index is 1.05. The summed E-state index contributed by atoms with van der Waals surface area (Å²) >= 11 is 0. The summed E-state index contributed by atoms with van der Waals surface area (Å²) in [5.74, 6) is 0. The largest absolute Gasteiger partial charge is 0.341 e. The monoisotopic (exact) mass is 458 g/mol. The molecule has 0 N–H and O–H groups in total. The van der Waals surface area contributed by atoms with E-state index >= 15 is 0 Å². The first-order valence-corrected chi connectivity index (χ1v) is 13.3. The maximum atomic E-state index is 2.55. The van der Waals surface area contributed by atoms with Gasteiger partial charge in [-0.2, -0.15) is 0 Å². The van der Waals surface area contributed by atoms with E-state index in [2.05, 4.69) is 107 Å². The SMILES string of the molecule is c1ccc2c(c1)Cc1ccccc1N2CCCCCCCN1c2ccccc2Cc2ccccc21. The van der Waals surface area contributed by atoms with Gasteiger partial charge in [0, 0.05) is 48.7 Å². The number of benzene rings is 4. The molecule has 0 saturated heterocycles. The molecule has 0 aliphatic carbocycles. The molecule has 0 amide bonds. The third-order valence-electron chi connectivity index (χ3n) is 7.65. The van der Waals surface area contributed by atoms with Crippen LogP contribution in [0.1, 0.15) is 54.4 Å². The Bertz CT molecular complexity index is 1120. The predicted octanol–water partition coefficient (Wildman–Crippen LogP) is 8.42. The highest BCUT2D eigenvalue weighted by Gasteiger charge is 2.22. The van der Waals surface area contributed by atoms with Crippen LogP contribution < -0.4 is 9.80 Å².